The molecular formula is C15H30N3O2+. The lowest BCUT2D eigenvalue weighted by Gasteiger charge is -2.43. The molecule has 1 heterocycles. The van der Waals surface area contributed by atoms with E-state index in [1.54, 1.807) is 0 Å². The van der Waals surface area contributed by atoms with Crippen LogP contribution in [0.15, 0.2) is 0 Å². The fourth-order valence-electron chi connectivity index (χ4n) is 3.99. The molecule has 2 fully saturated rings. The number of quaternary nitrogens is 1. The second-order valence-electron chi connectivity index (χ2n) is 6.47. The molecule has 0 bridgehead atoms. The van der Waals surface area contributed by atoms with E-state index < -0.39 is 0 Å². The number of nitrogens with two attached hydrogens (primary N) is 1. The van der Waals surface area contributed by atoms with E-state index in [2.05, 4.69) is 4.90 Å². The minimum atomic E-state index is -0.137. The van der Waals surface area contributed by atoms with E-state index in [9.17, 15) is 4.79 Å². The van der Waals surface area contributed by atoms with E-state index in [1.165, 1.54) is 45.9 Å². The predicted octanol–water partition coefficient (Wildman–Crippen LogP) is 1.57. The highest BCUT2D eigenvalue weighted by Crippen LogP contribution is 2.32. The minimum Gasteiger partial charge on any atom is -0.423 e. The maximum absolute atomic E-state index is 12.2. The highest BCUT2D eigenvalue weighted by Gasteiger charge is 2.44. The molecule has 5 nitrogen and oxygen atoms in total. The summed E-state index contributed by atoms with van der Waals surface area (Å²) in [5.41, 5.74) is 5.74. The molecule has 5 heteroatoms. The first-order valence-electron chi connectivity index (χ1n) is 7.99. The van der Waals surface area contributed by atoms with Crippen molar-refractivity contribution in [1.82, 2.24) is 4.90 Å². The summed E-state index contributed by atoms with van der Waals surface area (Å²) in [4.78, 5) is 14.9. The Hall–Kier alpha value is -0.650. The molecule has 20 heavy (non-hydrogen) atoms. The fourth-order valence-corrected chi connectivity index (χ4v) is 3.99. The number of hydrogen-bond acceptors (Lipinski definition) is 4. The number of likely N-dealkylation sites (N-methyl/N-ethyl adjacent to an activating group) is 1. The smallest absolute Gasteiger partial charge is 0.423 e. The number of nitrogens with zero attached hydrogens (tertiary/aromatic N) is 2. The van der Waals surface area contributed by atoms with E-state index in [0.717, 1.165) is 12.8 Å². The van der Waals surface area contributed by atoms with Crippen LogP contribution in [-0.2, 0) is 4.74 Å². The van der Waals surface area contributed by atoms with E-state index in [4.69, 9.17) is 10.5 Å². The van der Waals surface area contributed by atoms with E-state index in [-0.39, 0.29) is 6.09 Å². The molecule has 2 aliphatic rings. The number of methoxy groups -OCH3 is 1. The molecule has 1 amide bonds. The van der Waals surface area contributed by atoms with Crippen LogP contribution in [0, 0.1) is 0 Å². The number of likely N-dealkylation sites (tertiary alicyclic amines) is 1. The Morgan fingerprint density at radius 2 is 2.00 bits per heavy atom. The van der Waals surface area contributed by atoms with Crippen molar-refractivity contribution in [3.05, 3.63) is 0 Å². The zero-order valence-electron chi connectivity index (χ0n) is 13.0. The second-order valence-corrected chi connectivity index (χ2v) is 6.47. The van der Waals surface area contributed by atoms with Gasteiger partial charge < -0.3 is 15.4 Å². The average Bonchev–Trinajstić information content (AvgIpc) is 3.01. The van der Waals surface area contributed by atoms with Crippen LogP contribution in [0.2, 0.25) is 0 Å². The zero-order valence-corrected chi connectivity index (χ0v) is 13.0. The Morgan fingerprint density at radius 1 is 1.30 bits per heavy atom. The standard InChI is InChI=1S/C15H30N3O2/c1-18(11-8-16,15(19)20-2)14-7-5-6-13(12-14)17-9-3-4-10-17/h13-14H,3-12,16H2,1-2H3/q+1. The summed E-state index contributed by atoms with van der Waals surface area (Å²) in [6, 6.07) is 1.00. The van der Waals surface area contributed by atoms with Crippen molar-refractivity contribution in [1.29, 1.82) is 0 Å². The number of carbonyl (C=O) groups excluding carboxylic acids is 1. The first-order chi connectivity index (χ1) is 9.61. The summed E-state index contributed by atoms with van der Waals surface area (Å²) in [6.07, 6.45) is 7.21. The third kappa shape index (κ3) is 3.15. The van der Waals surface area contributed by atoms with Crippen molar-refractivity contribution in [2.24, 2.45) is 5.73 Å². The average molecular weight is 284 g/mol. The van der Waals surface area contributed by atoms with Crippen LogP contribution in [0.3, 0.4) is 0 Å². The molecule has 3 unspecified atom stereocenters. The van der Waals surface area contributed by atoms with E-state index >= 15 is 0 Å². The zero-order chi connectivity index (χ0) is 14.6. The lowest BCUT2D eigenvalue weighted by atomic mass is 9.88. The van der Waals surface area contributed by atoms with Gasteiger partial charge in [-0.05, 0) is 38.8 Å². The largest absolute Gasteiger partial charge is 0.515 e. The van der Waals surface area contributed by atoms with E-state index in [1.807, 2.05) is 7.05 Å². The normalized spacial score (nSPS) is 30.9. The summed E-state index contributed by atoms with van der Waals surface area (Å²) in [5.74, 6) is 0. The van der Waals surface area contributed by atoms with Gasteiger partial charge in [0, 0.05) is 25.4 Å². The van der Waals surface area contributed by atoms with Crippen LogP contribution >= 0.6 is 0 Å². The topological polar surface area (TPSA) is 55.6 Å². The van der Waals surface area contributed by atoms with Crippen LogP contribution in [0.5, 0.6) is 0 Å². The van der Waals surface area contributed by atoms with Crippen LogP contribution in [-0.4, -0.2) is 67.9 Å². The Labute approximate surface area is 122 Å². The van der Waals surface area contributed by atoms with Crippen LogP contribution < -0.4 is 5.73 Å². The van der Waals surface area contributed by atoms with E-state index in [0.29, 0.717) is 29.7 Å². The van der Waals surface area contributed by atoms with Crippen molar-refractivity contribution >= 4 is 6.09 Å². The van der Waals surface area contributed by atoms with Crippen molar-refractivity contribution in [3.63, 3.8) is 0 Å². The van der Waals surface area contributed by atoms with Gasteiger partial charge in [-0.25, -0.2) is 4.48 Å². The third-order valence-corrected chi connectivity index (χ3v) is 5.27. The van der Waals surface area contributed by atoms with Gasteiger partial charge in [-0.15, -0.1) is 0 Å². The number of rotatable bonds is 4. The highest BCUT2D eigenvalue weighted by atomic mass is 16.5. The van der Waals surface area contributed by atoms with Crippen molar-refractivity contribution in [2.45, 2.75) is 50.6 Å². The predicted molar refractivity (Wildman–Crippen MR) is 79.4 cm³/mol. The first-order valence-corrected chi connectivity index (χ1v) is 7.99. The van der Waals surface area contributed by atoms with Gasteiger partial charge in [-0.1, -0.05) is 0 Å². The summed E-state index contributed by atoms with van der Waals surface area (Å²) in [6.45, 7) is 3.66. The lowest BCUT2D eigenvalue weighted by Crippen LogP contribution is -2.60. The van der Waals surface area contributed by atoms with Crippen LogP contribution in [0.25, 0.3) is 0 Å². The molecule has 0 aromatic heterocycles. The molecule has 1 saturated carbocycles. The van der Waals surface area contributed by atoms with Gasteiger partial charge in [-0.2, -0.15) is 4.79 Å². The van der Waals surface area contributed by atoms with Crippen molar-refractivity contribution in [3.8, 4) is 0 Å². The summed E-state index contributed by atoms with van der Waals surface area (Å²) < 4.78 is 5.39. The molecule has 116 valence electrons. The molecule has 2 N–H and O–H groups in total. The maximum Gasteiger partial charge on any atom is 0.515 e. The van der Waals surface area contributed by atoms with Gasteiger partial charge in [0.15, 0.2) is 0 Å². The monoisotopic (exact) mass is 284 g/mol. The molecule has 2 rings (SSSR count). The summed E-state index contributed by atoms with van der Waals surface area (Å²) in [5, 5.41) is 0. The molecule has 0 spiro atoms. The number of carbonyl (C=O) groups is 1. The van der Waals surface area contributed by atoms with Crippen molar-refractivity contribution < 1.29 is 14.0 Å². The molecule has 0 aromatic rings. The Kier molecular flexibility index (Phi) is 5.41. The summed E-state index contributed by atoms with van der Waals surface area (Å²) >= 11 is 0. The van der Waals surface area contributed by atoms with Gasteiger partial charge in [0.25, 0.3) is 0 Å². The molecule has 0 radical (unpaired) electrons. The van der Waals surface area contributed by atoms with Gasteiger partial charge >= 0.3 is 6.09 Å². The van der Waals surface area contributed by atoms with Crippen molar-refractivity contribution in [2.75, 3.05) is 40.3 Å². The fraction of sp³-hybridized carbons (Fsp3) is 0.933. The van der Waals surface area contributed by atoms with Gasteiger partial charge in [0.1, 0.15) is 12.6 Å². The highest BCUT2D eigenvalue weighted by molar-refractivity contribution is 5.59. The lowest BCUT2D eigenvalue weighted by molar-refractivity contribution is -0.864. The molecule has 1 aliphatic carbocycles. The van der Waals surface area contributed by atoms with Gasteiger partial charge in [-0.3, -0.25) is 0 Å². The second kappa shape index (κ2) is 6.87. The number of amides is 1. The SMILES string of the molecule is COC(=O)[N+](C)(CCN)C1CCCC(N2CCCC2)C1. The molecule has 3 atom stereocenters. The number of hydrogen-bond donors (Lipinski definition) is 1. The minimum absolute atomic E-state index is 0.137. The first kappa shape index (κ1) is 15.7. The quantitative estimate of drug-likeness (QED) is 0.796. The maximum atomic E-state index is 12.2. The Balaban J connectivity index is 2.06. The molecule has 1 aliphatic heterocycles. The Bertz CT molecular complexity index is 331. The molecule has 0 aromatic carbocycles. The van der Waals surface area contributed by atoms with Crippen LogP contribution in [0.4, 0.5) is 4.79 Å². The Morgan fingerprint density at radius 3 is 2.60 bits per heavy atom. The van der Waals surface area contributed by atoms with Gasteiger partial charge in [0.05, 0.1) is 14.2 Å². The van der Waals surface area contributed by atoms with Gasteiger partial charge in [0.2, 0.25) is 0 Å². The number of ether oxygens (including phenoxy) is 1. The molecule has 1 saturated heterocycles. The third-order valence-electron chi connectivity index (χ3n) is 5.27. The summed E-state index contributed by atoms with van der Waals surface area (Å²) in [7, 11) is 3.48. The van der Waals surface area contributed by atoms with Crippen LogP contribution in [0.1, 0.15) is 38.5 Å². The molecular weight excluding hydrogens is 254 g/mol.